The Bertz CT molecular complexity index is 1540. The molecule has 392 valence electrons. The Kier molecular flexibility index (Phi) is 51.0. The first-order chi connectivity index (χ1) is 33.8. The van der Waals surface area contributed by atoms with Gasteiger partial charge >= 0.3 is 19.8 Å². The van der Waals surface area contributed by atoms with Crippen LogP contribution in [0, 0.1) is 0 Å². The van der Waals surface area contributed by atoms with Crippen LogP contribution in [0.4, 0.5) is 0 Å². The summed E-state index contributed by atoms with van der Waals surface area (Å²) in [5.74, 6) is -0.870. The zero-order valence-electron chi connectivity index (χ0n) is 43.5. The number of ether oxygens (including phenoxy) is 2. The van der Waals surface area contributed by atoms with E-state index in [0.717, 1.165) is 116 Å². The fourth-order valence-corrected chi connectivity index (χ4v) is 7.62. The van der Waals surface area contributed by atoms with Crippen molar-refractivity contribution in [3.8, 4) is 0 Å². The van der Waals surface area contributed by atoms with Crippen molar-refractivity contribution in [3.05, 3.63) is 122 Å². The van der Waals surface area contributed by atoms with Gasteiger partial charge in [-0.2, -0.15) is 0 Å². The highest BCUT2D eigenvalue weighted by atomic mass is 31.2. The van der Waals surface area contributed by atoms with Gasteiger partial charge in [-0.15, -0.1) is 0 Å². The standard InChI is InChI=1S/C59H98NO8P/c1-3-5-7-9-11-13-15-17-19-21-23-24-25-26-27-28-29-30-31-32-34-36-38-40-42-44-46-48-50-52-59(62)68-57(56-67-69(63,64)66-54-53-60)55-65-58(61)51-49-47-45-43-41-39-37-35-33-22-20-18-16-14-12-10-8-6-4-2/h5,7,11-14,17-20,23-24,26-27,29-30,32,34,38,40,57H,3-4,6,8-10,15-16,21-22,25,28,31,33,35-37,39,41-56,60H2,1-2H3,(H,63,64)/b7-5-,13-11-,14-12-,19-17-,20-18-,24-23-,27-26-,30-29-,34-32-,40-38-. The summed E-state index contributed by atoms with van der Waals surface area (Å²) in [6.07, 6.45) is 73.8. The van der Waals surface area contributed by atoms with Gasteiger partial charge in [0, 0.05) is 19.4 Å². The normalized spacial score (nSPS) is 14.1. The minimum absolute atomic E-state index is 0.0415. The van der Waals surface area contributed by atoms with E-state index in [2.05, 4.69) is 135 Å². The lowest BCUT2D eigenvalue weighted by molar-refractivity contribution is -0.161. The van der Waals surface area contributed by atoms with Gasteiger partial charge in [0.2, 0.25) is 0 Å². The number of phosphoric ester groups is 1. The van der Waals surface area contributed by atoms with Gasteiger partial charge < -0.3 is 20.1 Å². The van der Waals surface area contributed by atoms with E-state index in [9.17, 15) is 19.0 Å². The molecule has 69 heavy (non-hydrogen) atoms. The van der Waals surface area contributed by atoms with Crippen molar-refractivity contribution >= 4 is 19.8 Å². The molecule has 0 spiro atoms. The number of hydrogen-bond donors (Lipinski definition) is 2. The average molecular weight is 980 g/mol. The van der Waals surface area contributed by atoms with Gasteiger partial charge in [-0.05, 0) is 109 Å². The minimum Gasteiger partial charge on any atom is -0.462 e. The second-order valence-corrected chi connectivity index (χ2v) is 18.8. The van der Waals surface area contributed by atoms with E-state index in [4.69, 9.17) is 24.3 Å². The third-order valence-electron chi connectivity index (χ3n) is 10.8. The highest BCUT2D eigenvalue weighted by Gasteiger charge is 2.26. The molecule has 0 radical (unpaired) electrons. The summed E-state index contributed by atoms with van der Waals surface area (Å²) in [5, 5.41) is 0. The Hall–Kier alpha value is -3.59. The third kappa shape index (κ3) is 53.6. The Morgan fingerprint density at radius 2 is 0.797 bits per heavy atom. The highest BCUT2D eigenvalue weighted by Crippen LogP contribution is 2.43. The Morgan fingerprint density at radius 3 is 1.19 bits per heavy atom. The number of allylic oxidation sites excluding steroid dienone is 20. The molecule has 0 aliphatic rings. The maximum Gasteiger partial charge on any atom is 0.472 e. The fourth-order valence-electron chi connectivity index (χ4n) is 6.86. The number of nitrogens with two attached hydrogens (primary N) is 1. The van der Waals surface area contributed by atoms with Crippen LogP contribution >= 0.6 is 7.82 Å². The molecule has 0 amide bonds. The molecule has 0 fully saturated rings. The van der Waals surface area contributed by atoms with Crippen molar-refractivity contribution in [1.82, 2.24) is 0 Å². The predicted octanol–water partition coefficient (Wildman–Crippen LogP) is 16.8. The van der Waals surface area contributed by atoms with Crippen LogP contribution in [0.3, 0.4) is 0 Å². The molecule has 0 saturated carbocycles. The first-order valence-electron chi connectivity index (χ1n) is 27.0. The molecular weight excluding hydrogens is 882 g/mol. The molecule has 0 saturated heterocycles. The van der Waals surface area contributed by atoms with Crippen LogP contribution in [0.2, 0.25) is 0 Å². The van der Waals surface area contributed by atoms with Crippen LogP contribution in [0.5, 0.6) is 0 Å². The van der Waals surface area contributed by atoms with Crippen LogP contribution in [0.1, 0.15) is 206 Å². The van der Waals surface area contributed by atoms with Crippen molar-refractivity contribution in [1.29, 1.82) is 0 Å². The molecule has 3 N–H and O–H groups in total. The highest BCUT2D eigenvalue weighted by molar-refractivity contribution is 7.47. The SMILES string of the molecule is CC/C=C\C/C=C\C/C=C\C/C=C\C/C=C\C/C=C\C/C=C\C/C=C\CCCCCCC(=O)OC(COC(=O)CCCCCCCCCCC/C=C\C/C=C\CCCCC)COP(=O)(O)OCCN. The smallest absolute Gasteiger partial charge is 0.462 e. The van der Waals surface area contributed by atoms with Crippen LogP contribution < -0.4 is 5.73 Å². The van der Waals surface area contributed by atoms with Crippen molar-refractivity contribution in [2.24, 2.45) is 5.73 Å². The van der Waals surface area contributed by atoms with E-state index in [1.807, 2.05) is 0 Å². The molecule has 9 nitrogen and oxygen atoms in total. The van der Waals surface area contributed by atoms with Crippen LogP contribution in [0.15, 0.2) is 122 Å². The fraction of sp³-hybridized carbons (Fsp3) is 0.627. The molecule has 0 aliphatic carbocycles. The van der Waals surface area contributed by atoms with Crippen molar-refractivity contribution in [2.45, 2.75) is 213 Å². The van der Waals surface area contributed by atoms with Gasteiger partial charge in [-0.25, -0.2) is 4.57 Å². The topological polar surface area (TPSA) is 134 Å². The molecule has 0 rings (SSSR count). The monoisotopic (exact) mass is 980 g/mol. The van der Waals surface area contributed by atoms with E-state index >= 15 is 0 Å². The lowest BCUT2D eigenvalue weighted by Crippen LogP contribution is -2.29. The summed E-state index contributed by atoms with van der Waals surface area (Å²) in [7, 11) is -4.40. The van der Waals surface area contributed by atoms with Crippen LogP contribution in [-0.4, -0.2) is 49.3 Å². The lowest BCUT2D eigenvalue weighted by atomic mass is 10.1. The summed E-state index contributed by atoms with van der Waals surface area (Å²) in [4.78, 5) is 35.1. The average Bonchev–Trinajstić information content (AvgIpc) is 3.34. The summed E-state index contributed by atoms with van der Waals surface area (Å²) in [6, 6.07) is 0. The maximum absolute atomic E-state index is 12.7. The second kappa shape index (κ2) is 53.8. The molecule has 0 aromatic rings. The van der Waals surface area contributed by atoms with Crippen LogP contribution in [0.25, 0.3) is 0 Å². The summed E-state index contributed by atoms with van der Waals surface area (Å²) in [6.45, 7) is 3.55. The number of esters is 2. The van der Waals surface area contributed by atoms with E-state index < -0.39 is 32.5 Å². The summed E-state index contributed by atoms with van der Waals surface area (Å²) < 4.78 is 32.9. The molecule has 2 unspecified atom stereocenters. The van der Waals surface area contributed by atoms with E-state index in [-0.39, 0.29) is 32.6 Å². The number of rotatable bonds is 49. The van der Waals surface area contributed by atoms with Crippen molar-refractivity contribution in [3.63, 3.8) is 0 Å². The number of unbranched alkanes of at least 4 members (excludes halogenated alkanes) is 16. The lowest BCUT2D eigenvalue weighted by Gasteiger charge is -2.19. The van der Waals surface area contributed by atoms with Gasteiger partial charge in [0.05, 0.1) is 13.2 Å². The Labute approximate surface area is 421 Å². The molecule has 0 bridgehead atoms. The van der Waals surface area contributed by atoms with Gasteiger partial charge in [0.25, 0.3) is 0 Å². The number of carbonyl (C=O) groups is 2. The summed E-state index contributed by atoms with van der Waals surface area (Å²) >= 11 is 0. The largest absolute Gasteiger partial charge is 0.472 e. The minimum atomic E-state index is -4.40. The van der Waals surface area contributed by atoms with Crippen LogP contribution in [-0.2, 0) is 32.7 Å². The van der Waals surface area contributed by atoms with Gasteiger partial charge in [0.15, 0.2) is 6.10 Å². The second-order valence-electron chi connectivity index (χ2n) is 17.4. The Morgan fingerprint density at radius 1 is 0.449 bits per heavy atom. The third-order valence-corrected chi connectivity index (χ3v) is 11.8. The quantitative estimate of drug-likeness (QED) is 0.0264. The molecule has 10 heteroatoms. The number of carbonyl (C=O) groups excluding carboxylic acids is 2. The van der Waals surface area contributed by atoms with Crippen molar-refractivity contribution in [2.75, 3.05) is 26.4 Å². The number of phosphoric acid groups is 1. The molecule has 0 aromatic carbocycles. The van der Waals surface area contributed by atoms with Crippen molar-refractivity contribution < 1.29 is 37.6 Å². The zero-order valence-corrected chi connectivity index (χ0v) is 44.4. The molecule has 2 atom stereocenters. The molecular formula is C59H98NO8P. The van der Waals surface area contributed by atoms with Gasteiger partial charge in [-0.3, -0.25) is 18.6 Å². The van der Waals surface area contributed by atoms with E-state index in [1.165, 1.54) is 57.8 Å². The number of hydrogen-bond acceptors (Lipinski definition) is 8. The predicted molar refractivity (Wildman–Crippen MR) is 293 cm³/mol. The maximum atomic E-state index is 12.7. The first kappa shape index (κ1) is 65.4. The van der Waals surface area contributed by atoms with Gasteiger partial charge in [-0.1, -0.05) is 206 Å². The van der Waals surface area contributed by atoms with Gasteiger partial charge in [0.1, 0.15) is 6.61 Å². The van der Waals surface area contributed by atoms with E-state index in [1.54, 1.807) is 0 Å². The molecule has 0 aromatic heterocycles. The zero-order chi connectivity index (χ0) is 50.2. The molecule has 0 aliphatic heterocycles. The van der Waals surface area contributed by atoms with E-state index in [0.29, 0.717) is 6.42 Å². The summed E-state index contributed by atoms with van der Waals surface area (Å²) in [5.41, 5.74) is 5.37. The first-order valence-corrected chi connectivity index (χ1v) is 28.5. The Balaban J connectivity index is 4.14. The molecule has 0 heterocycles.